The first-order chi connectivity index (χ1) is 9.21. The molecule has 0 aromatic heterocycles. The van der Waals surface area contributed by atoms with Gasteiger partial charge in [0.1, 0.15) is 0 Å². The van der Waals surface area contributed by atoms with Gasteiger partial charge in [-0.25, -0.2) is 0 Å². The highest BCUT2D eigenvalue weighted by Crippen LogP contribution is 2.21. The Morgan fingerprint density at radius 1 is 1.16 bits per heavy atom. The molecule has 2 nitrogen and oxygen atoms in total. The van der Waals surface area contributed by atoms with Crippen molar-refractivity contribution in [1.82, 2.24) is 10.2 Å². The zero-order valence-corrected chi connectivity index (χ0v) is 13.8. The summed E-state index contributed by atoms with van der Waals surface area (Å²) in [6, 6.07) is 1.43. The number of nitrogens with zero attached hydrogens (tertiary/aromatic N) is 1. The molecule has 0 aliphatic carbocycles. The third kappa shape index (κ3) is 6.27. The Labute approximate surface area is 121 Å². The number of hydrogen-bond acceptors (Lipinski definition) is 2. The van der Waals surface area contributed by atoms with E-state index in [0.717, 1.165) is 12.0 Å². The maximum Gasteiger partial charge on any atom is 0.00818 e. The molecule has 19 heavy (non-hydrogen) atoms. The molecule has 1 heterocycles. The molecule has 0 spiro atoms. The van der Waals surface area contributed by atoms with Crippen LogP contribution in [0, 0.1) is 5.92 Å². The van der Waals surface area contributed by atoms with E-state index in [4.69, 9.17) is 0 Å². The van der Waals surface area contributed by atoms with Crippen molar-refractivity contribution in [3.63, 3.8) is 0 Å². The molecule has 0 bridgehead atoms. The fraction of sp³-hybridized carbons (Fsp3) is 1.00. The zero-order valence-electron chi connectivity index (χ0n) is 13.8. The summed E-state index contributed by atoms with van der Waals surface area (Å²) >= 11 is 0. The Bertz CT molecular complexity index is 217. The third-order valence-corrected chi connectivity index (χ3v) is 4.74. The quantitative estimate of drug-likeness (QED) is 0.678. The predicted octanol–water partition coefficient (Wildman–Crippen LogP) is 4.06. The lowest BCUT2D eigenvalue weighted by Crippen LogP contribution is -2.47. The van der Waals surface area contributed by atoms with Gasteiger partial charge in [-0.05, 0) is 51.6 Å². The fourth-order valence-corrected chi connectivity index (χ4v) is 3.40. The molecule has 0 saturated carbocycles. The predicted molar refractivity (Wildman–Crippen MR) is 85.7 cm³/mol. The van der Waals surface area contributed by atoms with Gasteiger partial charge in [0, 0.05) is 18.6 Å². The van der Waals surface area contributed by atoms with Crippen molar-refractivity contribution in [2.45, 2.75) is 84.7 Å². The molecule has 0 amide bonds. The van der Waals surface area contributed by atoms with Crippen LogP contribution in [0.15, 0.2) is 0 Å². The van der Waals surface area contributed by atoms with E-state index in [1.807, 2.05) is 0 Å². The second-order valence-electron chi connectivity index (χ2n) is 6.38. The van der Waals surface area contributed by atoms with Gasteiger partial charge in [0.05, 0.1) is 0 Å². The minimum absolute atomic E-state index is 0.683. The average Bonchev–Trinajstić information content (AvgIpc) is 2.45. The van der Waals surface area contributed by atoms with Crippen LogP contribution in [0.3, 0.4) is 0 Å². The van der Waals surface area contributed by atoms with Crippen molar-refractivity contribution in [1.29, 1.82) is 0 Å². The second-order valence-corrected chi connectivity index (χ2v) is 6.38. The highest BCUT2D eigenvalue weighted by Gasteiger charge is 2.25. The molecule has 3 atom stereocenters. The fourth-order valence-electron chi connectivity index (χ4n) is 3.40. The van der Waals surface area contributed by atoms with E-state index in [-0.39, 0.29) is 0 Å². The molecular weight excluding hydrogens is 232 g/mol. The number of likely N-dealkylation sites (tertiary alicyclic amines) is 1. The van der Waals surface area contributed by atoms with E-state index in [1.165, 1.54) is 64.6 Å². The van der Waals surface area contributed by atoms with Gasteiger partial charge >= 0.3 is 0 Å². The monoisotopic (exact) mass is 268 g/mol. The molecule has 1 N–H and O–H groups in total. The molecular formula is C17H36N2. The molecule has 0 aromatic rings. The normalized spacial score (nSPS) is 24.3. The molecule has 0 radical (unpaired) electrons. The molecule has 1 aliphatic heterocycles. The molecule has 3 unspecified atom stereocenters. The van der Waals surface area contributed by atoms with Crippen LogP contribution >= 0.6 is 0 Å². The van der Waals surface area contributed by atoms with E-state index in [1.54, 1.807) is 0 Å². The van der Waals surface area contributed by atoms with Crippen LogP contribution in [0.2, 0.25) is 0 Å². The first kappa shape index (κ1) is 17.0. The van der Waals surface area contributed by atoms with Gasteiger partial charge in [0.2, 0.25) is 0 Å². The molecule has 114 valence electrons. The van der Waals surface area contributed by atoms with Gasteiger partial charge in [-0.2, -0.15) is 0 Å². The number of rotatable bonds is 9. The Balaban J connectivity index is 2.38. The van der Waals surface area contributed by atoms with E-state index in [2.05, 4.69) is 37.9 Å². The summed E-state index contributed by atoms with van der Waals surface area (Å²) in [5, 5.41) is 3.94. The molecule has 1 fully saturated rings. The van der Waals surface area contributed by atoms with Crippen molar-refractivity contribution < 1.29 is 0 Å². The molecule has 1 aliphatic rings. The van der Waals surface area contributed by atoms with Gasteiger partial charge < -0.3 is 10.2 Å². The lowest BCUT2D eigenvalue weighted by atomic mass is 9.90. The van der Waals surface area contributed by atoms with Gasteiger partial charge in [0.15, 0.2) is 0 Å². The maximum absolute atomic E-state index is 3.94. The lowest BCUT2D eigenvalue weighted by molar-refractivity contribution is 0.150. The van der Waals surface area contributed by atoms with Crippen molar-refractivity contribution in [2.24, 2.45) is 5.92 Å². The lowest BCUT2D eigenvalue weighted by Gasteiger charge is -2.37. The van der Waals surface area contributed by atoms with Crippen molar-refractivity contribution in [3.8, 4) is 0 Å². The van der Waals surface area contributed by atoms with Crippen molar-refractivity contribution in [2.75, 3.05) is 19.6 Å². The highest BCUT2D eigenvalue weighted by atomic mass is 15.1. The van der Waals surface area contributed by atoms with E-state index in [0.29, 0.717) is 6.04 Å². The van der Waals surface area contributed by atoms with Gasteiger partial charge in [-0.1, -0.05) is 40.0 Å². The Morgan fingerprint density at radius 3 is 2.58 bits per heavy atom. The van der Waals surface area contributed by atoms with E-state index >= 15 is 0 Å². The Kier molecular flexibility index (Phi) is 8.72. The topological polar surface area (TPSA) is 15.3 Å². The second kappa shape index (κ2) is 9.77. The minimum Gasteiger partial charge on any atom is -0.311 e. The smallest absolute Gasteiger partial charge is 0.00818 e. The summed E-state index contributed by atoms with van der Waals surface area (Å²) in [5.74, 6) is 0.856. The van der Waals surface area contributed by atoms with Crippen LogP contribution in [0.4, 0.5) is 0 Å². The SMILES string of the molecule is CCCCC(CCC)NC(C)C1CCCN(CC)C1. The number of unbranched alkanes of at least 4 members (excludes halogenated alkanes) is 1. The third-order valence-electron chi connectivity index (χ3n) is 4.74. The summed E-state index contributed by atoms with van der Waals surface area (Å²) in [6.07, 6.45) is 9.50. The highest BCUT2D eigenvalue weighted by molar-refractivity contribution is 4.82. The number of piperidine rings is 1. The first-order valence-electron chi connectivity index (χ1n) is 8.69. The van der Waals surface area contributed by atoms with Crippen molar-refractivity contribution in [3.05, 3.63) is 0 Å². The van der Waals surface area contributed by atoms with Crippen LogP contribution in [0.1, 0.15) is 72.6 Å². The Hall–Kier alpha value is -0.0800. The van der Waals surface area contributed by atoms with Crippen LogP contribution in [0.25, 0.3) is 0 Å². The zero-order chi connectivity index (χ0) is 14.1. The summed E-state index contributed by atoms with van der Waals surface area (Å²) in [7, 11) is 0. The molecule has 0 aromatic carbocycles. The minimum atomic E-state index is 0.683. The Morgan fingerprint density at radius 2 is 1.95 bits per heavy atom. The summed E-state index contributed by atoms with van der Waals surface area (Å²) in [5.41, 5.74) is 0. The van der Waals surface area contributed by atoms with E-state index in [9.17, 15) is 0 Å². The molecule has 2 heteroatoms. The van der Waals surface area contributed by atoms with Gasteiger partial charge in [0.25, 0.3) is 0 Å². The molecule has 1 saturated heterocycles. The largest absolute Gasteiger partial charge is 0.311 e. The van der Waals surface area contributed by atoms with Crippen LogP contribution in [-0.2, 0) is 0 Å². The number of nitrogens with one attached hydrogen (secondary N) is 1. The van der Waals surface area contributed by atoms with Crippen LogP contribution < -0.4 is 5.32 Å². The van der Waals surface area contributed by atoms with Gasteiger partial charge in [-0.15, -0.1) is 0 Å². The maximum atomic E-state index is 3.94. The summed E-state index contributed by atoms with van der Waals surface area (Å²) < 4.78 is 0. The average molecular weight is 268 g/mol. The first-order valence-corrected chi connectivity index (χ1v) is 8.69. The van der Waals surface area contributed by atoms with Crippen LogP contribution in [-0.4, -0.2) is 36.6 Å². The van der Waals surface area contributed by atoms with E-state index < -0.39 is 0 Å². The number of hydrogen-bond donors (Lipinski definition) is 1. The molecule has 1 rings (SSSR count). The van der Waals surface area contributed by atoms with Crippen molar-refractivity contribution >= 4 is 0 Å². The van der Waals surface area contributed by atoms with Crippen LogP contribution in [0.5, 0.6) is 0 Å². The summed E-state index contributed by atoms with van der Waals surface area (Å²) in [4.78, 5) is 2.62. The summed E-state index contributed by atoms with van der Waals surface area (Å²) in [6.45, 7) is 13.2. The van der Waals surface area contributed by atoms with Gasteiger partial charge in [-0.3, -0.25) is 0 Å². The standard InChI is InChI=1S/C17H36N2/c1-5-8-12-17(10-6-2)18-15(4)16-11-9-13-19(7-3)14-16/h15-18H,5-14H2,1-4H3.